The first-order valence-electron chi connectivity index (χ1n) is 5.94. The molecule has 1 aromatic heterocycles. The van der Waals surface area contributed by atoms with E-state index in [9.17, 15) is 4.79 Å². The zero-order valence-electron chi connectivity index (χ0n) is 11.3. The number of amides is 1. The molecule has 1 aromatic rings. The first kappa shape index (κ1) is 14.3. The van der Waals surface area contributed by atoms with Gasteiger partial charge in [0.05, 0.1) is 13.2 Å². The summed E-state index contributed by atoms with van der Waals surface area (Å²) in [5, 5.41) is 2.90. The summed E-state index contributed by atoms with van der Waals surface area (Å²) in [7, 11) is 1.78. The van der Waals surface area contributed by atoms with Crippen LogP contribution in [-0.4, -0.2) is 36.1 Å². The van der Waals surface area contributed by atoms with E-state index in [0.29, 0.717) is 13.2 Å². The number of nitrogens with zero attached hydrogens (tertiary/aromatic N) is 1. The van der Waals surface area contributed by atoms with Crippen molar-refractivity contribution >= 4 is 12.0 Å². The summed E-state index contributed by atoms with van der Waals surface area (Å²) in [4.78, 5) is 15.3. The number of allylic oxidation sites excluding steroid dienone is 2. The van der Waals surface area contributed by atoms with Gasteiger partial charge in [0.2, 0.25) is 5.91 Å². The number of rotatable bonds is 2. The van der Waals surface area contributed by atoms with E-state index in [2.05, 4.69) is 36.8 Å². The van der Waals surface area contributed by atoms with Crippen molar-refractivity contribution in [3.8, 4) is 0 Å². The van der Waals surface area contributed by atoms with Gasteiger partial charge < -0.3 is 9.88 Å². The Morgan fingerprint density at radius 1 is 1.44 bits per heavy atom. The van der Waals surface area contributed by atoms with Crippen LogP contribution in [0.4, 0.5) is 0 Å². The summed E-state index contributed by atoms with van der Waals surface area (Å²) in [5.41, 5.74) is 3.76. The molecule has 1 aliphatic heterocycles. The highest BCUT2D eigenvalue weighted by Gasteiger charge is 2.13. The lowest BCUT2D eigenvalue weighted by Gasteiger charge is -2.02. The minimum atomic E-state index is 0.181. The molecule has 0 unspecified atom stereocenters. The Balaban J connectivity index is 0.000000199. The average Bonchev–Trinajstić information content (AvgIpc) is 2.86. The first-order chi connectivity index (χ1) is 8.56. The topological polar surface area (TPSA) is 48.1 Å². The largest absolute Gasteiger partial charge is 0.364 e. The lowest BCUT2D eigenvalue weighted by atomic mass is 10.1. The summed E-state index contributed by atoms with van der Waals surface area (Å²) in [6.07, 6.45) is 7.81. The zero-order chi connectivity index (χ0) is 13.5. The van der Waals surface area contributed by atoms with E-state index in [1.165, 1.54) is 16.8 Å². The minimum absolute atomic E-state index is 0.181. The minimum Gasteiger partial charge on any atom is -0.364 e. The molecule has 1 amide bonds. The molecule has 0 atom stereocenters. The van der Waals surface area contributed by atoms with Gasteiger partial charge in [0, 0.05) is 18.9 Å². The van der Waals surface area contributed by atoms with Crippen LogP contribution in [0.1, 0.15) is 16.8 Å². The van der Waals surface area contributed by atoms with Crippen molar-refractivity contribution in [1.29, 1.82) is 0 Å². The fraction of sp³-hybridized carbons (Fsp3) is 0.357. The Morgan fingerprint density at radius 3 is 2.50 bits per heavy atom. The predicted octanol–water partition coefficient (Wildman–Crippen LogP) is 1.84. The van der Waals surface area contributed by atoms with Gasteiger partial charge in [-0.05, 0) is 25.0 Å². The molecule has 98 valence electrons. The third-order valence-electron chi connectivity index (χ3n) is 2.78. The molecule has 0 aromatic carbocycles. The third kappa shape index (κ3) is 3.89. The van der Waals surface area contributed by atoms with Crippen molar-refractivity contribution in [2.24, 2.45) is 0 Å². The number of H-pyrrole nitrogens is 1. The standard InChI is InChI=1S/C10H13N.C4H8N2O/c1-4-5-6-10-8(2)7-11-9(10)3;1-6-3-5-2-4(6)7/h4-7,11H,1H2,2-3H3;5H,2-3H2,1H3/b6-5-;. The van der Waals surface area contributed by atoms with E-state index >= 15 is 0 Å². The van der Waals surface area contributed by atoms with Crippen molar-refractivity contribution in [2.75, 3.05) is 20.3 Å². The Hall–Kier alpha value is -1.81. The van der Waals surface area contributed by atoms with Crippen LogP contribution < -0.4 is 5.32 Å². The maximum absolute atomic E-state index is 10.4. The fourth-order valence-electron chi connectivity index (χ4n) is 1.64. The van der Waals surface area contributed by atoms with E-state index in [1.807, 2.05) is 12.3 Å². The molecule has 4 heteroatoms. The number of aryl methyl sites for hydroxylation is 2. The number of aromatic nitrogens is 1. The second-order valence-corrected chi connectivity index (χ2v) is 4.28. The van der Waals surface area contributed by atoms with Crippen molar-refractivity contribution in [3.63, 3.8) is 0 Å². The molecular weight excluding hydrogens is 226 g/mol. The number of nitrogens with one attached hydrogen (secondary N) is 2. The van der Waals surface area contributed by atoms with Crippen molar-refractivity contribution in [1.82, 2.24) is 15.2 Å². The molecule has 0 bridgehead atoms. The summed E-state index contributed by atoms with van der Waals surface area (Å²) in [6.45, 7) is 8.99. The van der Waals surface area contributed by atoms with E-state index in [-0.39, 0.29) is 5.91 Å². The predicted molar refractivity (Wildman–Crippen MR) is 75.1 cm³/mol. The molecule has 2 heterocycles. The van der Waals surface area contributed by atoms with Crippen molar-refractivity contribution in [3.05, 3.63) is 41.7 Å². The van der Waals surface area contributed by atoms with Gasteiger partial charge >= 0.3 is 0 Å². The van der Waals surface area contributed by atoms with Gasteiger partial charge in [0.15, 0.2) is 0 Å². The van der Waals surface area contributed by atoms with Gasteiger partial charge in [-0.15, -0.1) is 0 Å². The van der Waals surface area contributed by atoms with Crippen LogP contribution in [0.5, 0.6) is 0 Å². The molecule has 1 saturated heterocycles. The molecule has 0 spiro atoms. The number of likely N-dealkylation sites (N-methyl/N-ethyl adjacent to an activating group) is 1. The third-order valence-corrected chi connectivity index (χ3v) is 2.78. The molecular formula is C14H21N3O. The van der Waals surface area contributed by atoms with Crippen LogP contribution in [0, 0.1) is 13.8 Å². The van der Waals surface area contributed by atoms with E-state index in [0.717, 1.165) is 0 Å². The zero-order valence-corrected chi connectivity index (χ0v) is 11.3. The van der Waals surface area contributed by atoms with Crippen LogP contribution in [-0.2, 0) is 4.79 Å². The van der Waals surface area contributed by atoms with Crippen LogP contribution >= 0.6 is 0 Å². The van der Waals surface area contributed by atoms with Crippen LogP contribution in [0.3, 0.4) is 0 Å². The number of carbonyl (C=O) groups is 1. The second kappa shape index (κ2) is 6.81. The number of hydrogen-bond donors (Lipinski definition) is 2. The van der Waals surface area contributed by atoms with Gasteiger partial charge in [-0.1, -0.05) is 24.8 Å². The lowest BCUT2D eigenvalue weighted by Crippen LogP contribution is -2.20. The van der Waals surface area contributed by atoms with Crippen molar-refractivity contribution in [2.45, 2.75) is 13.8 Å². The molecule has 2 rings (SSSR count). The highest BCUT2D eigenvalue weighted by molar-refractivity contribution is 5.79. The summed E-state index contributed by atoms with van der Waals surface area (Å²) < 4.78 is 0. The van der Waals surface area contributed by atoms with Crippen LogP contribution in [0.25, 0.3) is 6.08 Å². The first-order valence-corrected chi connectivity index (χ1v) is 5.94. The molecule has 18 heavy (non-hydrogen) atoms. The summed E-state index contributed by atoms with van der Waals surface area (Å²) in [5.74, 6) is 0.181. The highest BCUT2D eigenvalue weighted by atomic mass is 16.2. The van der Waals surface area contributed by atoms with Gasteiger partial charge in [0.1, 0.15) is 0 Å². The highest BCUT2D eigenvalue weighted by Crippen LogP contribution is 2.13. The maximum Gasteiger partial charge on any atom is 0.237 e. The number of carbonyl (C=O) groups excluding carboxylic acids is 1. The Bertz CT molecular complexity index is 426. The van der Waals surface area contributed by atoms with Gasteiger partial charge in [-0.2, -0.15) is 0 Å². The molecule has 4 nitrogen and oxygen atoms in total. The SMILES string of the molecule is C=C/C=C\c1c(C)c[nH]c1C.CN1CNCC1=O. The molecule has 0 aliphatic carbocycles. The summed E-state index contributed by atoms with van der Waals surface area (Å²) in [6, 6.07) is 0. The average molecular weight is 247 g/mol. The summed E-state index contributed by atoms with van der Waals surface area (Å²) >= 11 is 0. The van der Waals surface area contributed by atoms with Crippen LogP contribution in [0.2, 0.25) is 0 Å². The molecule has 0 saturated carbocycles. The van der Waals surface area contributed by atoms with E-state index in [1.54, 1.807) is 18.0 Å². The lowest BCUT2D eigenvalue weighted by molar-refractivity contribution is -0.125. The number of aromatic amines is 1. The molecule has 1 aliphatic rings. The fourth-order valence-corrected chi connectivity index (χ4v) is 1.64. The smallest absolute Gasteiger partial charge is 0.237 e. The van der Waals surface area contributed by atoms with Gasteiger partial charge in [-0.3, -0.25) is 10.1 Å². The second-order valence-electron chi connectivity index (χ2n) is 4.28. The normalized spacial score (nSPS) is 14.8. The Labute approximate surface area is 108 Å². The van der Waals surface area contributed by atoms with E-state index in [4.69, 9.17) is 0 Å². The quantitative estimate of drug-likeness (QED) is 0.783. The van der Waals surface area contributed by atoms with Gasteiger partial charge in [0.25, 0.3) is 0 Å². The maximum atomic E-state index is 10.4. The monoisotopic (exact) mass is 247 g/mol. The Morgan fingerprint density at radius 2 is 2.17 bits per heavy atom. The number of hydrogen-bond acceptors (Lipinski definition) is 2. The van der Waals surface area contributed by atoms with Crippen LogP contribution in [0.15, 0.2) is 24.9 Å². The Kier molecular flexibility index (Phi) is 5.39. The van der Waals surface area contributed by atoms with E-state index < -0.39 is 0 Å². The molecule has 2 N–H and O–H groups in total. The van der Waals surface area contributed by atoms with Crippen molar-refractivity contribution < 1.29 is 4.79 Å². The molecule has 1 fully saturated rings. The molecule has 0 radical (unpaired) electrons. The van der Waals surface area contributed by atoms with Gasteiger partial charge in [-0.25, -0.2) is 0 Å².